The third kappa shape index (κ3) is 5.92. The number of aryl methyl sites for hydroxylation is 1. The molecule has 7 nitrogen and oxygen atoms in total. The zero-order chi connectivity index (χ0) is 26.7. The van der Waals surface area contributed by atoms with Crippen LogP contribution in [0.4, 0.5) is 10.5 Å². The van der Waals surface area contributed by atoms with Gasteiger partial charge in [0.15, 0.2) is 11.5 Å². The Hall–Kier alpha value is -3.08. The Morgan fingerprint density at radius 2 is 1.76 bits per heavy atom. The third-order valence-electron chi connectivity index (χ3n) is 5.49. The first-order chi connectivity index (χ1) is 17.7. The lowest BCUT2D eigenvalue weighted by atomic mass is 10.1. The summed E-state index contributed by atoms with van der Waals surface area (Å²) in [6, 6.07) is 14.7. The standard InChI is InChI=1S/C27H21Cl2IN2O5/c1-3-36-23-12-16(11-22(30)24(23)37-14-17-6-4-5-7-20(17)28)10-19-25(33)31-27(35)32(26(19)34)18-9-8-15(2)21(29)13-18/h4-13H,3,14H2,1-2H3,(H,31,33,35)/b19-10-. The van der Waals surface area contributed by atoms with Gasteiger partial charge in [0.2, 0.25) is 0 Å². The third-order valence-corrected chi connectivity index (χ3v) is 7.07. The van der Waals surface area contributed by atoms with E-state index in [-0.39, 0.29) is 17.9 Å². The SMILES string of the molecule is CCOc1cc(/C=C2/C(=O)NC(=O)N(c3ccc(C)c(Cl)c3)C2=O)cc(I)c1OCc1ccccc1Cl. The number of imide groups is 2. The van der Waals surface area contributed by atoms with Crippen LogP contribution in [0.3, 0.4) is 0 Å². The van der Waals surface area contributed by atoms with Gasteiger partial charge in [-0.1, -0.05) is 47.5 Å². The molecule has 0 bridgehead atoms. The number of amides is 4. The summed E-state index contributed by atoms with van der Waals surface area (Å²) in [6.45, 7) is 4.24. The molecule has 1 saturated heterocycles. The second kappa shape index (κ2) is 11.5. The maximum Gasteiger partial charge on any atom is 0.335 e. The second-order valence-electron chi connectivity index (χ2n) is 8.03. The molecule has 0 radical (unpaired) electrons. The van der Waals surface area contributed by atoms with Crippen LogP contribution in [0, 0.1) is 10.5 Å². The normalized spacial score (nSPS) is 14.7. The first-order valence-electron chi connectivity index (χ1n) is 11.2. The Bertz CT molecular complexity index is 1440. The van der Waals surface area contributed by atoms with Crippen molar-refractivity contribution in [3.8, 4) is 11.5 Å². The quantitative estimate of drug-likeness (QED) is 0.178. The first kappa shape index (κ1) is 27.0. The van der Waals surface area contributed by atoms with Crippen LogP contribution in [0.1, 0.15) is 23.6 Å². The minimum Gasteiger partial charge on any atom is -0.490 e. The van der Waals surface area contributed by atoms with Crippen LogP contribution in [0.5, 0.6) is 11.5 Å². The molecule has 1 aliphatic heterocycles. The number of ether oxygens (including phenoxy) is 2. The van der Waals surface area contributed by atoms with Crippen LogP contribution in [0.25, 0.3) is 6.08 Å². The molecular weight excluding hydrogens is 630 g/mol. The summed E-state index contributed by atoms with van der Waals surface area (Å²) >= 11 is 14.5. The molecule has 0 unspecified atom stereocenters. The number of hydrogen-bond donors (Lipinski definition) is 1. The van der Waals surface area contributed by atoms with Crippen molar-refractivity contribution in [3.63, 3.8) is 0 Å². The number of barbiturate groups is 1. The van der Waals surface area contributed by atoms with E-state index in [0.717, 1.165) is 16.0 Å². The zero-order valence-electron chi connectivity index (χ0n) is 19.8. The molecule has 10 heteroatoms. The highest BCUT2D eigenvalue weighted by atomic mass is 127. The maximum atomic E-state index is 13.3. The molecule has 3 aromatic rings. The van der Waals surface area contributed by atoms with E-state index in [2.05, 4.69) is 27.9 Å². The van der Waals surface area contributed by atoms with Gasteiger partial charge in [0.05, 0.1) is 15.9 Å². The van der Waals surface area contributed by atoms with Gasteiger partial charge in [0.1, 0.15) is 12.2 Å². The van der Waals surface area contributed by atoms with E-state index in [9.17, 15) is 14.4 Å². The summed E-state index contributed by atoms with van der Waals surface area (Å²) in [7, 11) is 0. The predicted molar refractivity (Wildman–Crippen MR) is 151 cm³/mol. The summed E-state index contributed by atoms with van der Waals surface area (Å²) in [5, 5.41) is 3.20. The molecule has 37 heavy (non-hydrogen) atoms. The maximum absolute atomic E-state index is 13.3. The van der Waals surface area contributed by atoms with Gasteiger partial charge in [-0.2, -0.15) is 0 Å². The van der Waals surface area contributed by atoms with Gasteiger partial charge in [-0.25, -0.2) is 9.69 Å². The van der Waals surface area contributed by atoms with Gasteiger partial charge < -0.3 is 9.47 Å². The van der Waals surface area contributed by atoms with Crippen LogP contribution in [-0.4, -0.2) is 24.5 Å². The van der Waals surface area contributed by atoms with Crippen LogP contribution in [0.2, 0.25) is 10.0 Å². The molecule has 1 aliphatic rings. The van der Waals surface area contributed by atoms with E-state index in [1.54, 1.807) is 37.3 Å². The molecule has 0 spiro atoms. The molecule has 3 aromatic carbocycles. The van der Waals surface area contributed by atoms with Gasteiger partial charge in [0, 0.05) is 15.6 Å². The summed E-state index contributed by atoms with van der Waals surface area (Å²) in [5.41, 5.74) is 2.17. The Kier molecular flexibility index (Phi) is 8.41. The van der Waals surface area contributed by atoms with Crippen LogP contribution in [-0.2, 0) is 16.2 Å². The fourth-order valence-electron chi connectivity index (χ4n) is 3.62. The van der Waals surface area contributed by atoms with Crippen molar-refractivity contribution >= 4 is 75.4 Å². The molecule has 0 aromatic heterocycles. The minimum atomic E-state index is -0.847. The largest absolute Gasteiger partial charge is 0.490 e. The summed E-state index contributed by atoms with van der Waals surface area (Å²) in [5.74, 6) is -0.609. The highest BCUT2D eigenvalue weighted by molar-refractivity contribution is 14.1. The second-order valence-corrected chi connectivity index (χ2v) is 10.0. The molecular formula is C27H21Cl2IN2O5. The lowest BCUT2D eigenvalue weighted by molar-refractivity contribution is -0.122. The van der Waals surface area contributed by atoms with Crippen LogP contribution < -0.4 is 19.7 Å². The molecule has 0 aliphatic carbocycles. The van der Waals surface area contributed by atoms with Crippen molar-refractivity contribution in [2.75, 3.05) is 11.5 Å². The smallest absolute Gasteiger partial charge is 0.335 e. The molecule has 190 valence electrons. The number of carbonyl (C=O) groups is 3. The number of nitrogens with zero attached hydrogens (tertiary/aromatic N) is 1. The number of hydrogen-bond acceptors (Lipinski definition) is 5. The lowest BCUT2D eigenvalue weighted by Gasteiger charge is -2.26. The minimum absolute atomic E-state index is 0.209. The fourth-order valence-corrected chi connectivity index (χ4v) is 4.77. The van der Waals surface area contributed by atoms with Gasteiger partial charge in [0.25, 0.3) is 11.8 Å². The Labute approximate surface area is 237 Å². The molecule has 1 N–H and O–H groups in total. The van der Waals surface area contributed by atoms with E-state index >= 15 is 0 Å². The van der Waals surface area contributed by atoms with Gasteiger partial charge in [-0.15, -0.1) is 0 Å². The van der Waals surface area contributed by atoms with Gasteiger partial charge in [-0.05, 0) is 84.0 Å². The molecule has 0 atom stereocenters. The number of urea groups is 1. The number of rotatable bonds is 7. The monoisotopic (exact) mass is 650 g/mol. The number of benzene rings is 3. The summed E-state index contributed by atoms with van der Waals surface area (Å²) in [6.07, 6.45) is 1.41. The lowest BCUT2D eigenvalue weighted by Crippen LogP contribution is -2.54. The summed E-state index contributed by atoms with van der Waals surface area (Å²) < 4.78 is 12.5. The van der Waals surface area contributed by atoms with E-state index in [4.69, 9.17) is 32.7 Å². The van der Waals surface area contributed by atoms with Gasteiger partial charge >= 0.3 is 6.03 Å². The van der Waals surface area contributed by atoms with Crippen LogP contribution >= 0.6 is 45.8 Å². The molecule has 4 amide bonds. The molecule has 0 saturated carbocycles. The van der Waals surface area contributed by atoms with Crippen molar-refractivity contribution < 1.29 is 23.9 Å². The van der Waals surface area contributed by atoms with E-state index in [1.807, 2.05) is 25.1 Å². The van der Waals surface area contributed by atoms with Crippen molar-refractivity contribution in [2.45, 2.75) is 20.5 Å². The Morgan fingerprint density at radius 3 is 2.46 bits per heavy atom. The van der Waals surface area contributed by atoms with E-state index in [1.165, 1.54) is 12.1 Å². The average Bonchev–Trinajstić information content (AvgIpc) is 2.84. The number of halogens is 3. The zero-order valence-corrected chi connectivity index (χ0v) is 23.5. The Morgan fingerprint density at radius 1 is 1.00 bits per heavy atom. The first-order valence-corrected chi connectivity index (χ1v) is 13.0. The number of carbonyl (C=O) groups excluding carboxylic acids is 3. The summed E-state index contributed by atoms with van der Waals surface area (Å²) in [4.78, 5) is 39.3. The fraction of sp³-hybridized carbons (Fsp3) is 0.148. The van der Waals surface area contributed by atoms with Gasteiger partial charge in [-0.3, -0.25) is 14.9 Å². The highest BCUT2D eigenvalue weighted by Gasteiger charge is 2.37. The molecule has 4 rings (SSSR count). The Balaban J connectivity index is 1.67. The van der Waals surface area contributed by atoms with E-state index < -0.39 is 17.8 Å². The number of nitrogens with one attached hydrogen (secondary N) is 1. The predicted octanol–water partition coefficient (Wildman–Crippen LogP) is 6.55. The molecule has 1 heterocycles. The van der Waals surface area contributed by atoms with Crippen molar-refractivity contribution in [1.29, 1.82) is 0 Å². The van der Waals surface area contributed by atoms with E-state index in [0.29, 0.717) is 37.3 Å². The molecule has 1 fully saturated rings. The highest BCUT2D eigenvalue weighted by Crippen LogP contribution is 2.36. The van der Waals surface area contributed by atoms with Crippen molar-refractivity contribution in [3.05, 3.63) is 90.5 Å². The van der Waals surface area contributed by atoms with Crippen molar-refractivity contribution in [1.82, 2.24) is 5.32 Å². The number of anilines is 1. The van der Waals surface area contributed by atoms with Crippen molar-refractivity contribution in [2.24, 2.45) is 0 Å². The average molecular weight is 651 g/mol. The topological polar surface area (TPSA) is 84.9 Å². The van der Waals surface area contributed by atoms with Crippen LogP contribution in [0.15, 0.2) is 60.2 Å².